The van der Waals surface area contributed by atoms with E-state index in [0.29, 0.717) is 11.8 Å². The van der Waals surface area contributed by atoms with Crippen LogP contribution in [0.5, 0.6) is 0 Å². The van der Waals surface area contributed by atoms with Crippen molar-refractivity contribution >= 4 is 22.6 Å². The van der Waals surface area contributed by atoms with Crippen molar-refractivity contribution in [1.82, 2.24) is 5.32 Å². The Labute approximate surface area is 99.3 Å². The molecule has 5 heteroatoms. The number of nitrogens with one attached hydrogen (secondary N) is 1. The van der Waals surface area contributed by atoms with Gasteiger partial charge < -0.3 is 4.74 Å². The average Bonchev–Trinajstić information content (AvgIpc) is 2.29. The van der Waals surface area contributed by atoms with Gasteiger partial charge >= 0.3 is 0 Å². The molecule has 1 aromatic rings. The van der Waals surface area contributed by atoms with Crippen molar-refractivity contribution in [3.63, 3.8) is 0 Å². The lowest BCUT2D eigenvalue weighted by Crippen LogP contribution is -2.12. The summed E-state index contributed by atoms with van der Waals surface area (Å²) >= 11 is 1.39. The lowest BCUT2D eigenvalue weighted by molar-refractivity contribution is 0.185. The van der Waals surface area contributed by atoms with Crippen LogP contribution in [0.25, 0.3) is 0 Å². The summed E-state index contributed by atoms with van der Waals surface area (Å²) < 4.78 is 5.04. The van der Waals surface area contributed by atoms with Gasteiger partial charge in [0.1, 0.15) is 0 Å². The van der Waals surface area contributed by atoms with Crippen LogP contribution in [-0.4, -0.2) is 18.5 Å². The minimum atomic E-state index is 0.559. The molecule has 1 rings (SSSR count). The molecule has 0 heterocycles. The lowest BCUT2D eigenvalue weighted by Gasteiger charge is -2.02. The summed E-state index contributed by atoms with van der Waals surface area (Å²) in [5.74, 6) is 0. The number of amidine groups is 1. The normalized spacial score (nSPS) is 10.9. The number of rotatable bonds is 3. The smallest absolute Gasteiger partial charge is 0.183 e. The summed E-state index contributed by atoms with van der Waals surface area (Å²) in [6.45, 7) is 0.559. The van der Waals surface area contributed by atoms with Crippen molar-refractivity contribution in [3.8, 4) is 6.19 Å². The fourth-order valence-corrected chi connectivity index (χ4v) is 1.52. The van der Waals surface area contributed by atoms with Gasteiger partial charge in [0.2, 0.25) is 0 Å². The average molecular weight is 235 g/mol. The maximum Gasteiger partial charge on any atom is 0.183 e. The molecule has 0 unspecified atom stereocenters. The van der Waals surface area contributed by atoms with E-state index < -0.39 is 0 Å². The number of nitrogens with zero attached hydrogens (tertiary/aromatic N) is 2. The minimum absolute atomic E-state index is 0.559. The van der Waals surface area contributed by atoms with E-state index in [4.69, 9.17) is 10.00 Å². The van der Waals surface area contributed by atoms with E-state index in [0.717, 1.165) is 11.3 Å². The van der Waals surface area contributed by atoms with Gasteiger partial charge in [-0.3, -0.25) is 5.32 Å². The van der Waals surface area contributed by atoms with Crippen molar-refractivity contribution in [2.24, 2.45) is 4.99 Å². The quantitative estimate of drug-likeness (QED) is 0.378. The number of aliphatic imine (C=N–C) groups is 1. The molecule has 0 saturated carbocycles. The Hall–Kier alpha value is -1.51. The molecule has 0 aromatic heterocycles. The molecule has 0 fully saturated rings. The van der Waals surface area contributed by atoms with E-state index in [1.54, 1.807) is 7.11 Å². The highest BCUT2D eigenvalue weighted by Gasteiger charge is 1.97. The van der Waals surface area contributed by atoms with Gasteiger partial charge in [0.25, 0.3) is 0 Å². The summed E-state index contributed by atoms with van der Waals surface area (Å²) in [7, 11) is 1.65. The summed E-state index contributed by atoms with van der Waals surface area (Å²) in [6.07, 6.45) is 3.72. The van der Waals surface area contributed by atoms with E-state index >= 15 is 0 Å². The molecule has 0 saturated heterocycles. The van der Waals surface area contributed by atoms with Crippen molar-refractivity contribution in [2.45, 2.75) is 6.61 Å². The largest absolute Gasteiger partial charge is 0.380 e. The number of hydrogen-bond donors (Lipinski definition) is 1. The lowest BCUT2D eigenvalue weighted by atomic mass is 10.2. The number of methoxy groups -OCH3 is 1. The molecule has 0 atom stereocenters. The first-order chi connectivity index (χ1) is 7.80. The van der Waals surface area contributed by atoms with Gasteiger partial charge in [-0.1, -0.05) is 23.9 Å². The molecule has 0 amide bonds. The zero-order valence-corrected chi connectivity index (χ0v) is 10.0. The summed E-state index contributed by atoms with van der Waals surface area (Å²) in [4.78, 5) is 4.30. The molecule has 0 aliphatic carbocycles. The number of ether oxygens (including phenoxy) is 1. The fourth-order valence-electron chi connectivity index (χ4n) is 1.17. The number of hydrogen-bond acceptors (Lipinski definition) is 4. The van der Waals surface area contributed by atoms with Gasteiger partial charge in [0, 0.05) is 7.11 Å². The maximum absolute atomic E-state index is 8.51. The first-order valence-electron chi connectivity index (χ1n) is 4.66. The molecule has 0 aliphatic rings. The van der Waals surface area contributed by atoms with Gasteiger partial charge in [0.15, 0.2) is 11.4 Å². The molecule has 0 spiro atoms. The first kappa shape index (κ1) is 12.6. The summed E-state index contributed by atoms with van der Waals surface area (Å²) in [5, 5.41) is 11.6. The van der Waals surface area contributed by atoms with Crippen LogP contribution in [0.15, 0.2) is 29.3 Å². The van der Waals surface area contributed by atoms with Crippen LogP contribution < -0.4 is 5.32 Å². The third-order valence-electron chi connectivity index (χ3n) is 1.81. The molecular formula is C11H13N3OS. The zero-order chi connectivity index (χ0) is 11.8. The highest BCUT2D eigenvalue weighted by Crippen LogP contribution is 2.16. The van der Waals surface area contributed by atoms with Crippen LogP contribution in [-0.2, 0) is 11.3 Å². The van der Waals surface area contributed by atoms with Crippen LogP contribution >= 0.6 is 11.8 Å². The third-order valence-corrected chi connectivity index (χ3v) is 2.39. The zero-order valence-electron chi connectivity index (χ0n) is 9.23. The Bertz CT molecular complexity index is 412. The third kappa shape index (κ3) is 3.93. The molecule has 4 nitrogen and oxygen atoms in total. The Morgan fingerprint density at radius 2 is 2.44 bits per heavy atom. The van der Waals surface area contributed by atoms with Gasteiger partial charge in [-0.25, -0.2) is 4.99 Å². The monoisotopic (exact) mass is 235 g/mol. The Morgan fingerprint density at radius 3 is 3.06 bits per heavy atom. The molecule has 0 radical (unpaired) electrons. The van der Waals surface area contributed by atoms with Crippen LogP contribution in [0.2, 0.25) is 0 Å². The second-order valence-corrected chi connectivity index (χ2v) is 3.76. The number of nitriles is 1. The van der Waals surface area contributed by atoms with Crippen LogP contribution in [0.3, 0.4) is 0 Å². The minimum Gasteiger partial charge on any atom is -0.380 e. The topological polar surface area (TPSA) is 57.4 Å². The van der Waals surface area contributed by atoms with E-state index in [2.05, 4.69) is 10.3 Å². The van der Waals surface area contributed by atoms with Crippen molar-refractivity contribution < 1.29 is 4.74 Å². The Balaban J connectivity index is 2.87. The molecule has 1 aromatic carbocycles. The molecule has 1 N–H and O–H groups in total. The van der Waals surface area contributed by atoms with E-state index in [1.807, 2.05) is 36.7 Å². The fraction of sp³-hybridized carbons (Fsp3) is 0.273. The highest BCUT2D eigenvalue weighted by molar-refractivity contribution is 8.13. The van der Waals surface area contributed by atoms with E-state index in [1.165, 1.54) is 11.8 Å². The van der Waals surface area contributed by atoms with Gasteiger partial charge in [-0.2, -0.15) is 5.26 Å². The first-order valence-corrected chi connectivity index (χ1v) is 5.88. The summed E-state index contributed by atoms with van der Waals surface area (Å²) in [6, 6.07) is 7.70. The van der Waals surface area contributed by atoms with Gasteiger partial charge in [-0.05, 0) is 24.0 Å². The predicted octanol–water partition coefficient (Wildman–Crippen LogP) is 2.25. The second kappa shape index (κ2) is 6.88. The Kier molecular flexibility index (Phi) is 5.40. The summed E-state index contributed by atoms with van der Waals surface area (Å²) in [5.41, 5.74) is 1.86. The molecule has 16 heavy (non-hydrogen) atoms. The van der Waals surface area contributed by atoms with Crippen molar-refractivity contribution in [3.05, 3.63) is 29.8 Å². The van der Waals surface area contributed by atoms with E-state index in [-0.39, 0.29) is 0 Å². The van der Waals surface area contributed by atoms with Crippen molar-refractivity contribution in [1.29, 1.82) is 5.26 Å². The van der Waals surface area contributed by atoms with Crippen LogP contribution in [0.1, 0.15) is 5.56 Å². The highest BCUT2D eigenvalue weighted by atomic mass is 32.2. The molecular weight excluding hydrogens is 222 g/mol. The maximum atomic E-state index is 8.51. The van der Waals surface area contributed by atoms with Gasteiger partial charge in [0.05, 0.1) is 12.3 Å². The van der Waals surface area contributed by atoms with Crippen molar-refractivity contribution in [2.75, 3.05) is 13.4 Å². The standard InChI is InChI=1S/C11H13N3OS/c1-15-7-9-4-3-5-10(6-9)14-11(16-2)13-8-12/h3-6H,7H2,1-2H3,(H,13,14). The second-order valence-electron chi connectivity index (χ2n) is 2.96. The molecule has 0 bridgehead atoms. The number of thioether (sulfide) groups is 1. The van der Waals surface area contributed by atoms with Crippen LogP contribution in [0.4, 0.5) is 5.69 Å². The molecule has 84 valence electrons. The van der Waals surface area contributed by atoms with Gasteiger partial charge in [-0.15, -0.1) is 0 Å². The predicted molar refractivity (Wildman–Crippen MR) is 66.5 cm³/mol. The Morgan fingerprint density at radius 1 is 1.62 bits per heavy atom. The van der Waals surface area contributed by atoms with Crippen LogP contribution in [0, 0.1) is 11.5 Å². The molecule has 0 aliphatic heterocycles. The van der Waals surface area contributed by atoms with E-state index in [9.17, 15) is 0 Å². The number of benzene rings is 1. The SMILES string of the molecule is COCc1cccc(N=C(NC#N)SC)c1.